The first-order valence-corrected chi connectivity index (χ1v) is 7.05. The molecule has 19 heavy (non-hydrogen) atoms. The van der Waals surface area contributed by atoms with Gasteiger partial charge in [0, 0.05) is 24.5 Å². The Labute approximate surface area is 114 Å². The van der Waals surface area contributed by atoms with Crippen LogP contribution in [0.3, 0.4) is 0 Å². The minimum absolute atomic E-state index is 0.0462. The first-order valence-electron chi connectivity index (χ1n) is 7.05. The molecule has 1 aromatic rings. The molecule has 104 valence electrons. The average Bonchev–Trinajstić information content (AvgIpc) is 2.39. The van der Waals surface area contributed by atoms with Crippen LogP contribution in [-0.4, -0.2) is 23.0 Å². The summed E-state index contributed by atoms with van der Waals surface area (Å²) >= 11 is 0. The van der Waals surface area contributed by atoms with Crippen LogP contribution >= 0.6 is 0 Å². The maximum absolute atomic E-state index is 12.2. The van der Waals surface area contributed by atoms with E-state index in [9.17, 15) is 4.79 Å². The van der Waals surface area contributed by atoms with Crippen molar-refractivity contribution in [1.82, 2.24) is 10.3 Å². The number of rotatable bonds is 4. The molecule has 1 amide bonds. The number of nitrogens with one attached hydrogen (secondary N) is 1. The second-order valence-electron chi connectivity index (χ2n) is 5.71. The van der Waals surface area contributed by atoms with E-state index in [1.54, 1.807) is 6.20 Å². The number of carbonyl (C=O) groups is 1. The predicted octanol–water partition coefficient (Wildman–Crippen LogP) is 1.65. The fourth-order valence-corrected chi connectivity index (χ4v) is 2.79. The van der Waals surface area contributed by atoms with E-state index in [0.717, 1.165) is 37.7 Å². The smallest absolute Gasteiger partial charge is 0.224 e. The van der Waals surface area contributed by atoms with Crippen molar-refractivity contribution in [3.8, 4) is 0 Å². The Balaban J connectivity index is 1.81. The van der Waals surface area contributed by atoms with Gasteiger partial charge in [0.25, 0.3) is 0 Å². The van der Waals surface area contributed by atoms with Gasteiger partial charge in [-0.3, -0.25) is 9.78 Å². The van der Waals surface area contributed by atoms with Crippen LogP contribution in [0.25, 0.3) is 0 Å². The van der Waals surface area contributed by atoms with Gasteiger partial charge in [-0.05, 0) is 37.8 Å². The zero-order chi connectivity index (χ0) is 13.7. The van der Waals surface area contributed by atoms with E-state index >= 15 is 0 Å². The summed E-state index contributed by atoms with van der Waals surface area (Å²) in [6, 6.07) is 3.93. The van der Waals surface area contributed by atoms with Crippen LogP contribution in [0.1, 0.15) is 38.2 Å². The Morgan fingerprint density at radius 3 is 3.11 bits per heavy atom. The first-order chi connectivity index (χ1) is 9.09. The molecule has 1 saturated carbocycles. The quantitative estimate of drug-likeness (QED) is 0.866. The monoisotopic (exact) mass is 261 g/mol. The number of hydrogen-bond acceptors (Lipinski definition) is 3. The molecule has 3 N–H and O–H groups in total. The van der Waals surface area contributed by atoms with Crippen LogP contribution in [0.5, 0.6) is 0 Å². The standard InChI is InChI=1S/C15H23N3O/c1-15(16)8-3-2-6-13(15)14(19)18-10-7-12-5-4-9-17-11-12/h4-5,9,11,13H,2-3,6-8,10,16H2,1H3,(H,18,19). The molecular weight excluding hydrogens is 238 g/mol. The molecule has 1 aromatic heterocycles. The third-order valence-electron chi connectivity index (χ3n) is 4.01. The number of nitrogens with zero attached hydrogens (tertiary/aromatic N) is 1. The lowest BCUT2D eigenvalue weighted by atomic mass is 9.74. The molecule has 0 bridgehead atoms. The summed E-state index contributed by atoms with van der Waals surface area (Å²) in [6.45, 7) is 2.65. The molecule has 1 heterocycles. The largest absolute Gasteiger partial charge is 0.355 e. The molecule has 1 fully saturated rings. The van der Waals surface area contributed by atoms with Crippen molar-refractivity contribution in [3.63, 3.8) is 0 Å². The molecular formula is C15H23N3O. The SMILES string of the molecule is CC1(N)CCCCC1C(=O)NCCc1cccnc1. The van der Waals surface area contributed by atoms with E-state index in [4.69, 9.17) is 5.73 Å². The number of nitrogens with two attached hydrogens (primary N) is 1. The van der Waals surface area contributed by atoms with Gasteiger partial charge < -0.3 is 11.1 Å². The third-order valence-corrected chi connectivity index (χ3v) is 4.01. The molecule has 1 aliphatic carbocycles. The van der Waals surface area contributed by atoms with E-state index in [2.05, 4.69) is 10.3 Å². The molecule has 2 unspecified atom stereocenters. The molecule has 0 radical (unpaired) electrons. The summed E-state index contributed by atoms with van der Waals surface area (Å²) in [5, 5.41) is 3.01. The highest BCUT2D eigenvalue weighted by Gasteiger charge is 2.37. The van der Waals surface area contributed by atoms with Gasteiger partial charge in [0.15, 0.2) is 0 Å². The van der Waals surface area contributed by atoms with Crippen molar-refractivity contribution in [2.24, 2.45) is 11.7 Å². The highest BCUT2D eigenvalue weighted by atomic mass is 16.1. The van der Waals surface area contributed by atoms with Crippen molar-refractivity contribution in [3.05, 3.63) is 30.1 Å². The molecule has 0 aromatic carbocycles. The fraction of sp³-hybridized carbons (Fsp3) is 0.600. The Morgan fingerprint density at radius 2 is 2.42 bits per heavy atom. The fourth-order valence-electron chi connectivity index (χ4n) is 2.79. The van der Waals surface area contributed by atoms with Crippen molar-refractivity contribution in [2.75, 3.05) is 6.54 Å². The molecule has 2 atom stereocenters. The predicted molar refractivity (Wildman–Crippen MR) is 75.5 cm³/mol. The maximum atomic E-state index is 12.2. The number of aromatic nitrogens is 1. The molecule has 4 nitrogen and oxygen atoms in total. The lowest BCUT2D eigenvalue weighted by molar-refractivity contribution is -0.128. The number of carbonyl (C=O) groups excluding carboxylic acids is 1. The van der Waals surface area contributed by atoms with Crippen molar-refractivity contribution < 1.29 is 4.79 Å². The van der Waals surface area contributed by atoms with Gasteiger partial charge in [0.1, 0.15) is 0 Å². The Hall–Kier alpha value is -1.42. The van der Waals surface area contributed by atoms with Gasteiger partial charge in [0.05, 0.1) is 5.92 Å². The molecule has 4 heteroatoms. The van der Waals surface area contributed by atoms with Gasteiger partial charge in [-0.1, -0.05) is 18.9 Å². The Bertz CT molecular complexity index is 417. The van der Waals surface area contributed by atoms with Gasteiger partial charge in [-0.25, -0.2) is 0 Å². The molecule has 0 aliphatic heterocycles. The number of pyridine rings is 1. The van der Waals surface area contributed by atoms with Gasteiger partial charge in [-0.2, -0.15) is 0 Å². The molecule has 1 aliphatic rings. The summed E-state index contributed by atoms with van der Waals surface area (Å²) in [7, 11) is 0. The molecule has 0 spiro atoms. The summed E-state index contributed by atoms with van der Waals surface area (Å²) in [6.07, 6.45) is 8.48. The highest BCUT2D eigenvalue weighted by molar-refractivity contribution is 5.80. The molecule has 2 rings (SSSR count). The summed E-state index contributed by atoms with van der Waals surface area (Å²) in [5.41, 5.74) is 7.03. The highest BCUT2D eigenvalue weighted by Crippen LogP contribution is 2.31. The average molecular weight is 261 g/mol. The zero-order valence-corrected chi connectivity index (χ0v) is 11.6. The minimum atomic E-state index is -0.351. The van der Waals surface area contributed by atoms with Crippen LogP contribution in [0.4, 0.5) is 0 Å². The Morgan fingerprint density at radius 1 is 1.58 bits per heavy atom. The second-order valence-corrected chi connectivity index (χ2v) is 5.71. The van der Waals surface area contributed by atoms with Crippen LogP contribution in [0.15, 0.2) is 24.5 Å². The summed E-state index contributed by atoms with van der Waals surface area (Å²) in [5.74, 6) is 0.0590. The zero-order valence-electron chi connectivity index (χ0n) is 11.6. The van der Waals surface area contributed by atoms with Crippen LogP contribution in [0, 0.1) is 5.92 Å². The number of amides is 1. The van der Waals surface area contributed by atoms with Gasteiger partial charge in [-0.15, -0.1) is 0 Å². The number of hydrogen-bond donors (Lipinski definition) is 2. The van der Waals surface area contributed by atoms with Gasteiger partial charge >= 0.3 is 0 Å². The summed E-state index contributed by atoms with van der Waals surface area (Å²) in [4.78, 5) is 16.3. The van der Waals surface area contributed by atoms with E-state index in [1.807, 2.05) is 25.3 Å². The minimum Gasteiger partial charge on any atom is -0.355 e. The lowest BCUT2D eigenvalue weighted by Crippen LogP contribution is -2.53. The Kier molecular flexibility index (Phi) is 4.53. The molecule has 0 saturated heterocycles. The third kappa shape index (κ3) is 3.77. The van der Waals surface area contributed by atoms with Crippen molar-refractivity contribution in [2.45, 2.75) is 44.6 Å². The lowest BCUT2D eigenvalue weighted by Gasteiger charge is -2.37. The summed E-state index contributed by atoms with van der Waals surface area (Å²) < 4.78 is 0. The van der Waals surface area contributed by atoms with Crippen molar-refractivity contribution in [1.29, 1.82) is 0 Å². The first kappa shape index (κ1) is 14.0. The van der Waals surface area contributed by atoms with Gasteiger partial charge in [0.2, 0.25) is 5.91 Å². The van der Waals surface area contributed by atoms with Crippen LogP contribution in [0.2, 0.25) is 0 Å². The van der Waals surface area contributed by atoms with E-state index in [1.165, 1.54) is 0 Å². The van der Waals surface area contributed by atoms with Crippen LogP contribution in [-0.2, 0) is 11.2 Å². The van der Waals surface area contributed by atoms with Crippen molar-refractivity contribution >= 4 is 5.91 Å². The maximum Gasteiger partial charge on any atom is 0.224 e. The topological polar surface area (TPSA) is 68.0 Å². The van der Waals surface area contributed by atoms with E-state index in [0.29, 0.717) is 6.54 Å². The second kappa shape index (κ2) is 6.15. The normalized spacial score (nSPS) is 26.9. The van der Waals surface area contributed by atoms with E-state index in [-0.39, 0.29) is 17.4 Å². The van der Waals surface area contributed by atoms with E-state index < -0.39 is 0 Å². The van der Waals surface area contributed by atoms with Crippen LogP contribution < -0.4 is 11.1 Å².